The van der Waals surface area contributed by atoms with Gasteiger partial charge in [-0.25, -0.2) is 4.39 Å². The Hall–Kier alpha value is -0.650. The average Bonchev–Trinajstić information content (AvgIpc) is 2.48. The normalized spacial score (nSPS) is 20.7. The summed E-state index contributed by atoms with van der Waals surface area (Å²) in [6.45, 7) is 3.67. The molecular formula is C15H21BrFNO2. The van der Waals surface area contributed by atoms with E-state index in [1.807, 2.05) is 0 Å². The van der Waals surface area contributed by atoms with E-state index in [2.05, 4.69) is 28.2 Å². The molecule has 1 saturated heterocycles. The number of hydrogen-bond donors (Lipinski definition) is 1. The average molecular weight is 346 g/mol. The Morgan fingerprint density at radius 1 is 1.50 bits per heavy atom. The quantitative estimate of drug-likeness (QED) is 0.879. The predicted molar refractivity (Wildman–Crippen MR) is 80.7 cm³/mol. The van der Waals surface area contributed by atoms with E-state index in [4.69, 9.17) is 9.47 Å². The third-order valence-corrected chi connectivity index (χ3v) is 4.23. The van der Waals surface area contributed by atoms with Crippen LogP contribution < -0.4 is 10.1 Å². The Labute approximate surface area is 128 Å². The molecule has 1 aromatic rings. The van der Waals surface area contributed by atoms with Crippen LogP contribution in [0.15, 0.2) is 16.6 Å². The van der Waals surface area contributed by atoms with Crippen molar-refractivity contribution in [3.05, 3.63) is 28.0 Å². The largest absolute Gasteiger partial charge is 0.496 e. The zero-order valence-corrected chi connectivity index (χ0v) is 13.5. The number of methoxy groups -OCH3 is 1. The van der Waals surface area contributed by atoms with Gasteiger partial charge in [-0.1, -0.05) is 6.92 Å². The monoisotopic (exact) mass is 345 g/mol. The highest BCUT2D eigenvalue weighted by atomic mass is 79.9. The van der Waals surface area contributed by atoms with E-state index in [-0.39, 0.29) is 18.0 Å². The van der Waals surface area contributed by atoms with Crippen molar-refractivity contribution >= 4 is 15.9 Å². The summed E-state index contributed by atoms with van der Waals surface area (Å²) in [5, 5.41) is 3.44. The molecule has 1 fully saturated rings. The van der Waals surface area contributed by atoms with Gasteiger partial charge >= 0.3 is 0 Å². The summed E-state index contributed by atoms with van der Waals surface area (Å²) in [7, 11) is 1.57. The molecular weight excluding hydrogens is 325 g/mol. The fourth-order valence-corrected chi connectivity index (χ4v) is 3.01. The highest BCUT2D eigenvalue weighted by Gasteiger charge is 2.28. The molecule has 3 nitrogen and oxygen atoms in total. The van der Waals surface area contributed by atoms with Gasteiger partial charge in [0.25, 0.3) is 0 Å². The summed E-state index contributed by atoms with van der Waals surface area (Å²) in [6.07, 6.45) is 3.39. The fraction of sp³-hybridized carbons (Fsp3) is 0.600. The molecule has 0 bridgehead atoms. The molecule has 0 spiro atoms. The third-order valence-electron chi connectivity index (χ3n) is 3.62. The molecule has 1 N–H and O–H groups in total. The maximum Gasteiger partial charge on any atom is 0.141 e. The van der Waals surface area contributed by atoms with Crippen molar-refractivity contribution in [3.8, 4) is 5.75 Å². The second-order valence-corrected chi connectivity index (χ2v) is 5.80. The first kappa shape index (κ1) is 15.7. The lowest BCUT2D eigenvalue weighted by molar-refractivity contribution is -0.00833. The molecule has 2 atom stereocenters. The van der Waals surface area contributed by atoms with Crippen LogP contribution in [0.4, 0.5) is 4.39 Å². The van der Waals surface area contributed by atoms with Gasteiger partial charge in [-0.15, -0.1) is 0 Å². The zero-order valence-electron chi connectivity index (χ0n) is 11.9. The van der Waals surface area contributed by atoms with Gasteiger partial charge < -0.3 is 14.8 Å². The summed E-state index contributed by atoms with van der Waals surface area (Å²) in [4.78, 5) is 0. The van der Waals surface area contributed by atoms with Crippen molar-refractivity contribution < 1.29 is 13.9 Å². The van der Waals surface area contributed by atoms with Gasteiger partial charge in [0.1, 0.15) is 11.6 Å². The molecule has 1 heterocycles. The first-order valence-electron chi connectivity index (χ1n) is 7.05. The van der Waals surface area contributed by atoms with Crippen molar-refractivity contribution in [1.82, 2.24) is 5.32 Å². The van der Waals surface area contributed by atoms with Gasteiger partial charge in [-0.05, 0) is 47.8 Å². The first-order chi connectivity index (χ1) is 9.67. The van der Waals surface area contributed by atoms with Gasteiger partial charge in [0, 0.05) is 18.2 Å². The van der Waals surface area contributed by atoms with Crippen molar-refractivity contribution in [1.29, 1.82) is 0 Å². The lowest BCUT2D eigenvalue weighted by atomic mass is 9.95. The minimum absolute atomic E-state index is 0.0205. The lowest BCUT2D eigenvalue weighted by Crippen LogP contribution is -2.36. The molecule has 1 aromatic carbocycles. The molecule has 0 saturated carbocycles. The number of ether oxygens (including phenoxy) is 2. The van der Waals surface area contributed by atoms with Crippen LogP contribution in [0.5, 0.6) is 5.75 Å². The maximum absolute atomic E-state index is 13.7. The van der Waals surface area contributed by atoms with Gasteiger partial charge in [0.15, 0.2) is 0 Å². The lowest BCUT2D eigenvalue weighted by Gasteiger charge is -2.32. The summed E-state index contributed by atoms with van der Waals surface area (Å²) < 4.78 is 25.3. The van der Waals surface area contributed by atoms with Crippen LogP contribution in [-0.4, -0.2) is 26.4 Å². The number of rotatable bonds is 5. The second-order valence-electron chi connectivity index (χ2n) is 4.95. The van der Waals surface area contributed by atoms with Gasteiger partial charge in [0.2, 0.25) is 0 Å². The Balaban J connectivity index is 2.34. The predicted octanol–water partition coefficient (Wildman–Crippen LogP) is 3.82. The molecule has 5 heteroatoms. The van der Waals surface area contributed by atoms with Crippen LogP contribution in [0.25, 0.3) is 0 Å². The maximum atomic E-state index is 13.7. The minimum Gasteiger partial charge on any atom is -0.496 e. The molecule has 112 valence electrons. The van der Waals surface area contributed by atoms with E-state index in [0.29, 0.717) is 10.2 Å². The van der Waals surface area contributed by atoms with Crippen LogP contribution >= 0.6 is 15.9 Å². The summed E-state index contributed by atoms with van der Waals surface area (Å²) in [5.74, 6) is 0.247. The SMILES string of the molecule is CCNC(c1cc(Br)c(F)cc1OC)C1CCCCO1. The summed E-state index contributed by atoms with van der Waals surface area (Å²) >= 11 is 3.25. The van der Waals surface area contributed by atoms with Gasteiger partial charge in [0.05, 0.1) is 23.7 Å². The molecule has 0 radical (unpaired) electrons. The molecule has 0 aromatic heterocycles. The van der Waals surface area contributed by atoms with E-state index < -0.39 is 0 Å². The molecule has 2 rings (SSSR count). The van der Waals surface area contributed by atoms with Gasteiger partial charge in [-0.3, -0.25) is 0 Å². The molecule has 1 aliphatic heterocycles. The topological polar surface area (TPSA) is 30.5 Å². The Morgan fingerprint density at radius 3 is 2.90 bits per heavy atom. The minimum atomic E-state index is -0.314. The van der Waals surface area contributed by atoms with E-state index >= 15 is 0 Å². The van der Waals surface area contributed by atoms with E-state index in [0.717, 1.165) is 38.0 Å². The van der Waals surface area contributed by atoms with Crippen molar-refractivity contribution in [2.45, 2.75) is 38.3 Å². The van der Waals surface area contributed by atoms with Crippen LogP contribution in [0.1, 0.15) is 37.8 Å². The Morgan fingerprint density at radius 2 is 2.30 bits per heavy atom. The zero-order chi connectivity index (χ0) is 14.5. The van der Waals surface area contributed by atoms with Crippen LogP contribution in [0, 0.1) is 5.82 Å². The van der Waals surface area contributed by atoms with E-state index in [1.165, 1.54) is 6.07 Å². The molecule has 1 aliphatic rings. The molecule has 2 unspecified atom stereocenters. The first-order valence-corrected chi connectivity index (χ1v) is 7.84. The highest BCUT2D eigenvalue weighted by Crippen LogP contribution is 2.35. The van der Waals surface area contributed by atoms with Gasteiger partial charge in [-0.2, -0.15) is 0 Å². The smallest absolute Gasteiger partial charge is 0.141 e. The van der Waals surface area contributed by atoms with E-state index in [1.54, 1.807) is 13.2 Å². The number of benzene rings is 1. The Kier molecular flexibility index (Phi) is 5.81. The molecule has 0 amide bonds. The number of hydrogen-bond acceptors (Lipinski definition) is 3. The van der Waals surface area contributed by atoms with Crippen molar-refractivity contribution in [3.63, 3.8) is 0 Å². The van der Waals surface area contributed by atoms with Crippen LogP contribution in [0.3, 0.4) is 0 Å². The Bertz CT molecular complexity index is 450. The van der Waals surface area contributed by atoms with E-state index in [9.17, 15) is 4.39 Å². The summed E-state index contributed by atoms with van der Waals surface area (Å²) in [5.41, 5.74) is 0.939. The third kappa shape index (κ3) is 3.51. The number of likely N-dealkylation sites (N-methyl/N-ethyl adjacent to an activating group) is 1. The van der Waals surface area contributed by atoms with Crippen LogP contribution in [-0.2, 0) is 4.74 Å². The fourth-order valence-electron chi connectivity index (χ4n) is 2.65. The summed E-state index contributed by atoms with van der Waals surface area (Å²) in [6, 6.07) is 3.23. The second kappa shape index (κ2) is 7.38. The molecule has 0 aliphatic carbocycles. The van der Waals surface area contributed by atoms with Crippen molar-refractivity contribution in [2.75, 3.05) is 20.3 Å². The van der Waals surface area contributed by atoms with Crippen molar-refractivity contribution in [2.24, 2.45) is 0 Å². The number of nitrogens with one attached hydrogen (secondary N) is 1. The van der Waals surface area contributed by atoms with Crippen LogP contribution in [0.2, 0.25) is 0 Å². The standard InChI is InChI=1S/C15H21BrFNO2/c1-3-18-15(13-6-4-5-7-20-13)10-8-11(16)12(17)9-14(10)19-2/h8-9,13,15,18H,3-7H2,1-2H3. The number of halogens is 2. The highest BCUT2D eigenvalue weighted by molar-refractivity contribution is 9.10. The molecule has 20 heavy (non-hydrogen) atoms.